The van der Waals surface area contributed by atoms with Crippen LogP contribution in [0.5, 0.6) is 5.75 Å². The van der Waals surface area contributed by atoms with Gasteiger partial charge in [-0.25, -0.2) is 17.6 Å². The molecule has 0 saturated heterocycles. The summed E-state index contributed by atoms with van der Waals surface area (Å²) in [4.78, 5) is 0. The largest absolute Gasteiger partial charge is 0.432 e. The van der Waals surface area contributed by atoms with E-state index in [2.05, 4.69) is 4.74 Å². The number of rotatable bonds is 6. The van der Waals surface area contributed by atoms with Crippen molar-refractivity contribution in [2.45, 2.75) is 70.3 Å². The van der Waals surface area contributed by atoms with Crippen LogP contribution in [0.2, 0.25) is 0 Å². The molecule has 0 atom stereocenters. The first-order valence-corrected chi connectivity index (χ1v) is 13.2. The first kappa shape index (κ1) is 26.6. The molecule has 0 amide bonds. The first-order chi connectivity index (χ1) is 18.1. The summed E-state index contributed by atoms with van der Waals surface area (Å²) in [5, 5.41) is 0. The predicted molar refractivity (Wildman–Crippen MR) is 134 cm³/mol. The highest BCUT2D eigenvalue weighted by molar-refractivity contribution is 5.64. The minimum Gasteiger partial charge on any atom is -0.429 e. The lowest BCUT2D eigenvalue weighted by Gasteiger charge is -2.32. The van der Waals surface area contributed by atoms with Crippen LogP contribution in [-0.4, -0.2) is 0 Å². The monoisotopic (exact) mass is 532 g/mol. The van der Waals surface area contributed by atoms with Crippen LogP contribution in [0.4, 0.5) is 26.3 Å². The van der Waals surface area contributed by atoms with Gasteiger partial charge < -0.3 is 4.74 Å². The van der Waals surface area contributed by atoms with Crippen LogP contribution in [0, 0.1) is 42.0 Å². The Kier molecular flexibility index (Phi) is 7.47. The van der Waals surface area contributed by atoms with Gasteiger partial charge in [0.1, 0.15) is 34.6 Å². The average Bonchev–Trinajstić information content (AvgIpc) is 3.42. The van der Waals surface area contributed by atoms with Gasteiger partial charge in [0.2, 0.25) is 0 Å². The molecule has 38 heavy (non-hydrogen) atoms. The molecule has 0 bridgehead atoms. The van der Waals surface area contributed by atoms with E-state index in [4.69, 9.17) is 0 Å². The van der Waals surface area contributed by atoms with E-state index in [0.29, 0.717) is 23.6 Å². The van der Waals surface area contributed by atoms with Gasteiger partial charge in [-0.1, -0.05) is 49.9 Å². The van der Waals surface area contributed by atoms with Crippen LogP contribution < -0.4 is 4.74 Å². The Morgan fingerprint density at radius 3 is 1.74 bits per heavy atom. The average molecular weight is 533 g/mol. The fourth-order valence-electron chi connectivity index (χ4n) is 6.20. The topological polar surface area (TPSA) is 9.23 Å². The third-order valence-corrected chi connectivity index (χ3v) is 8.39. The second-order valence-corrected chi connectivity index (χ2v) is 10.7. The van der Waals surface area contributed by atoms with Gasteiger partial charge in [-0.3, -0.25) is 0 Å². The van der Waals surface area contributed by atoms with E-state index in [0.717, 1.165) is 43.7 Å². The van der Waals surface area contributed by atoms with Crippen LogP contribution in [0.15, 0.2) is 48.5 Å². The molecule has 7 heteroatoms. The number of halogens is 6. The number of ether oxygens (including phenoxy) is 1. The van der Waals surface area contributed by atoms with Crippen LogP contribution in [0.1, 0.15) is 74.0 Å². The lowest BCUT2D eigenvalue weighted by atomic mass is 9.73. The van der Waals surface area contributed by atoms with Gasteiger partial charge in [0.05, 0.1) is 0 Å². The summed E-state index contributed by atoms with van der Waals surface area (Å²) in [7, 11) is 0. The lowest BCUT2D eigenvalue weighted by molar-refractivity contribution is -0.189. The SMILES string of the molecule is Cc1c(F)cc(OC(F)(F)c2c(F)cc(-c3ccc(C4CCC(C5CCCC5)CC4)cc3)cc2F)cc1F. The maximum Gasteiger partial charge on any atom is 0.432 e. The van der Waals surface area contributed by atoms with E-state index >= 15 is 0 Å². The Hall–Kier alpha value is -2.96. The summed E-state index contributed by atoms with van der Waals surface area (Å²) in [6.07, 6.45) is 5.64. The van der Waals surface area contributed by atoms with Crippen molar-refractivity contribution in [2.24, 2.45) is 11.8 Å². The lowest BCUT2D eigenvalue weighted by Crippen LogP contribution is -2.25. The quantitative estimate of drug-likeness (QED) is 0.287. The minimum atomic E-state index is -4.50. The summed E-state index contributed by atoms with van der Waals surface area (Å²) in [6.45, 7) is 1.12. The van der Waals surface area contributed by atoms with Gasteiger partial charge in [0, 0.05) is 17.7 Å². The van der Waals surface area contributed by atoms with E-state index in [9.17, 15) is 26.3 Å². The standard InChI is InChI=1S/C31H30F6O/c1-18-26(32)16-25(17-27(18)33)38-31(36,37)30-28(34)14-24(15-29(30)35)23-12-10-22(11-13-23)21-8-6-20(7-9-21)19-4-2-3-5-19/h10-17,19-21H,2-9H2,1H3. The summed E-state index contributed by atoms with van der Waals surface area (Å²) < 4.78 is 90.8. The molecule has 0 radical (unpaired) electrons. The first-order valence-electron chi connectivity index (χ1n) is 13.2. The van der Waals surface area contributed by atoms with Crippen molar-refractivity contribution in [3.63, 3.8) is 0 Å². The minimum absolute atomic E-state index is 0.100. The molecule has 3 aromatic rings. The van der Waals surface area contributed by atoms with Crippen molar-refractivity contribution in [2.75, 3.05) is 0 Å². The van der Waals surface area contributed by atoms with Crippen molar-refractivity contribution >= 4 is 0 Å². The fourth-order valence-corrected chi connectivity index (χ4v) is 6.20. The third kappa shape index (κ3) is 5.43. The molecule has 0 spiro atoms. The molecule has 5 rings (SSSR count). The Balaban J connectivity index is 1.30. The second kappa shape index (κ2) is 10.7. The molecule has 0 aromatic heterocycles. The Morgan fingerprint density at radius 1 is 0.658 bits per heavy atom. The Morgan fingerprint density at radius 2 is 1.18 bits per heavy atom. The van der Waals surface area contributed by atoms with E-state index in [-0.39, 0.29) is 11.1 Å². The molecule has 2 aliphatic rings. The van der Waals surface area contributed by atoms with Crippen molar-refractivity contribution < 1.29 is 31.1 Å². The van der Waals surface area contributed by atoms with Crippen LogP contribution >= 0.6 is 0 Å². The zero-order valence-electron chi connectivity index (χ0n) is 21.2. The maximum atomic E-state index is 14.8. The van der Waals surface area contributed by atoms with Gasteiger partial charge in [-0.2, -0.15) is 8.78 Å². The number of benzene rings is 3. The molecule has 2 aliphatic carbocycles. The molecule has 202 valence electrons. The molecule has 2 fully saturated rings. The molecule has 2 saturated carbocycles. The van der Waals surface area contributed by atoms with Gasteiger partial charge in [0.25, 0.3) is 0 Å². The highest BCUT2D eigenvalue weighted by atomic mass is 19.3. The number of alkyl halides is 2. The summed E-state index contributed by atoms with van der Waals surface area (Å²) in [6, 6.07) is 10.1. The molecule has 1 nitrogen and oxygen atoms in total. The summed E-state index contributed by atoms with van der Waals surface area (Å²) in [5.74, 6) is -4.00. The fraction of sp³-hybridized carbons (Fsp3) is 0.419. The van der Waals surface area contributed by atoms with Crippen molar-refractivity contribution in [1.82, 2.24) is 0 Å². The second-order valence-electron chi connectivity index (χ2n) is 10.7. The van der Waals surface area contributed by atoms with Crippen molar-refractivity contribution in [1.29, 1.82) is 0 Å². The van der Waals surface area contributed by atoms with E-state index in [1.807, 2.05) is 12.1 Å². The molecule has 3 aromatic carbocycles. The molecule has 0 aliphatic heterocycles. The molecular formula is C31H30F6O. The van der Waals surface area contributed by atoms with Gasteiger partial charge in [-0.05, 0) is 79.2 Å². The van der Waals surface area contributed by atoms with Crippen LogP contribution in [0.3, 0.4) is 0 Å². The van der Waals surface area contributed by atoms with Gasteiger partial charge in [-0.15, -0.1) is 0 Å². The zero-order valence-corrected chi connectivity index (χ0v) is 21.2. The maximum absolute atomic E-state index is 14.8. The molecule has 0 heterocycles. The normalized spacial score (nSPS) is 20.6. The van der Waals surface area contributed by atoms with Gasteiger partial charge in [0.15, 0.2) is 0 Å². The molecule has 0 unspecified atom stereocenters. The number of hydrogen-bond acceptors (Lipinski definition) is 1. The van der Waals surface area contributed by atoms with Crippen LogP contribution in [-0.2, 0) is 6.11 Å². The predicted octanol–water partition coefficient (Wildman–Crippen LogP) is 9.81. The zero-order chi connectivity index (χ0) is 27.0. The highest BCUT2D eigenvalue weighted by Gasteiger charge is 2.41. The molecule has 0 N–H and O–H groups in total. The Labute approximate surface area is 218 Å². The Bertz CT molecular complexity index is 1240. The van der Waals surface area contributed by atoms with E-state index in [1.165, 1.54) is 44.1 Å². The molecular weight excluding hydrogens is 502 g/mol. The van der Waals surface area contributed by atoms with Crippen LogP contribution in [0.25, 0.3) is 11.1 Å². The smallest absolute Gasteiger partial charge is 0.429 e. The summed E-state index contributed by atoms with van der Waals surface area (Å²) in [5.41, 5.74) is -0.245. The van der Waals surface area contributed by atoms with Crippen molar-refractivity contribution in [3.8, 4) is 16.9 Å². The van der Waals surface area contributed by atoms with E-state index in [1.54, 1.807) is 12.1 Å². The third-order valence-electron chi connectivity index (χ3n) is 8.39. The van der Waals surface area contributed by atoms with Gasteiger partial charge >= 0.3 is 6.11 Å². The number of hydrogen-bond donors (Lipinski definition) is 0. The highest BCUT2D eigenvalue weighted by Crippen LogP contribution is 2.44. The van der Waals surface area contributed by atoms with E-state index < -0.39 is 40.7 Å². The van der Waals surface area contributed by atoms with Crippen molar-refractivity contribution in [3.05, 3.63) is 88.5 Å². The summed E-state index contributed by atoms with van der Waals surface area (Å²) >= 11 is 0.